The van der Waals surface area contributed by atoms with Crippen molar-refractivity contribution in [1.82, 2.24) is 0 Å². The smallest absolute Gasteiger partial charge is 0.119 e. The first-order valence-electron chi connectivity index (χ1n) is 5.67. The molecule has 0 fully saturated rings. The molecule has 3 heteroatoms. The largest absolute Gasteiger partial charge is 0.493 e. The van der Waals surface area contributed by atoms with Gasteiger partial charge in [-0.15, -0.1) is 11.3 Å². The lowest BCUT2D eigenvalue weighted by atomic mass is 10.1. The molecule has 0 radical (unpaired) electrons. The van der Waals surface area contributed by atoms with E-state index >= 15 is 0 Å². The third-order valence-electron chi connectivity index (χ3n) is 2.61. The number of benzene rings is 1. The van der Waals surface area contributed by atoms with Gasteiger partial charge in [0.2, 0.25) is 0 Å². The van der Waals surface area contributed by atoms with Crippen molar-refractivity contribution < 1.29 is 9.84 Å². The number of hydrogen-bond acceptors (Lipinski definition) is 3. The number of aryl methyl sites for hydroxylation is 1. The predicted octanol–water partition coefficient (Wildman–Crippen LogP) is 3.56. The molecule has 0 amide bonds. The van der Waals surface area contributed by atoms with Gasteiger partial charge < -0.3 is 9.84 Å². The average Bonchev–Trinajstić information content (AvgIpc) is 2.77. The van der Waals surface area contributed by atoms with Gasteiger partial charge in [-0.1, -0.05) is 18.2 Å². The maximum absolute atomic E-state index is 10.00. The van der Waals surface area contributed by atoms with E-state index < -0.39 is 6.10 Å². The van der Waals surface area contributed by atoms with E-state index in [1.54, 1.807) is 11.3 Å². The fourth-order valence-electron chi connectivity index (χ4n) is 1.66. The highest BCUT2D eigenvalue weighted by Gasteiger charge is 2.11. The molecule has 2 aromatic rings. The van der Waals surface area contributed by atoms with Crippen LogP contribution in [0.2, 0.25) is 0 Å². The molecule has 0 aliphatic carbocycles. The highest BCUT2D eigenvalue weighted by molar-refractivity contribution is 7.10. The van der Waals surface area contributed by atoms with E-state index in [-0.39, 0.29) is 0 Å². The summed E-state index contributed by atoms with van der Waals surface area (Å²) in [5.41, 5.74) is 1.15. The van der Waals surface area contributed by atoms with Gasteiger partial charge in [-0.3, -0.25) is 0 Å². The fraction of sp³-hybridized carbons (Fsp3) is 0.286. The molecule has 0 saturated heterocycles. The van der Waals surface area contributed by atoms with Crippen molar-refractivity contribution >= 4 is 11.3 Å². The molecule has 17 heavy (non-hydrogen) atoms. The van der Waals surface area contributed by atoms with Crippen LogP contribution in [0, 0.1) is 6.92 Å². The number of aliphatic hydroxyl groups excluding tert-OH is 1. The summed E-state index contributed by atoms with van der Waals surface area (Å²) in [6, 6.07) is 11.7. The summed E-state index contributed by atoms with van der Waals surface area (Å²) in [4.78, 5) is 1.04. The maximum Gasteiger partial charge on any atom is 0.119 e. The number of ether oxygens (including phenoxy) is 1. The molecule has 1 unspecified atom stereocenters. The van der Waals surface area contributed by atoms with Crippen LogP contribution in [0.3, 0.4) is 0 Å². The standard InChI is InChI=1S/C14H16O2S/c1-11-8-10-17-14(11)13(15)7-9-16-12-5-3-2-4-6-12/h2-6,8,10,13,15H,7,9H2,1H3. The highest BCUT2D eigenvalue weighted by atomic mass is 32.1. The van der Waals surface area contributed by atoms with Gasteiger partial charge in [0.1, 0.15) is 5.75 Å². The first-order valence-corrected chi connectivity index (χ1v) is 6.55. The van der Waals surface area contributed by atoms with E-state index in [1.807, 2.05) is 48.7 Å². The Hall–Kier alpha value is -1.32. The zero-order valence-corrected chi connectivity index (χ0v) is 10.6. The van der Waals surface area contributed by atoms with E-state index in [4.69, 9.17) is 4.74 Å². The second-order valence-electron chi connectivity index (χ2n) is 3.93. The Kier molecular flexibility index (Phi) is 4.18. The van der Waals surface area contributed by atoms with Gasteiger partial charge in [-0.2, -0.15) is 0 Å². The summed E-state index contributed by atoms with van der Waals surface area (Å²) in [5.74, 6) is 0.850. The number of aliphatic hydroxyl groups is 1. The van der Waals surface area contributed by atoms with Crippen molar-refractivity contribution in [3.63, 3.8) is 0 Å². The highest BCUT2D eigenvalue weighted by Crippen LogP contribution is 2.26. The molecule has 1 N–H and O–H groups in total. The molecule has 2 rings (SSSR count). The quantitative estimate of drug-likeness (QED) is 0.876. The average molecular weight is 248 g/mol. The number of thiophene rings is 1. The maximum atomic E-state index is 10.00. The molecule has 0 aliphatic heterocycles. The van der Waals surface area contributed by atoms with Crippen molar-refractivity contribution in [2.75, 3.05) is 6.61 Å². The number of rotatable bonds is 5. The Morgan fingerprint density at radius 1 is 1.24 bits per heavy atom. The van der Waals surface area contributed by atoms with E-state index in [0.29, 0.717) is 13.0 Å². The lowest BCUT2D eigenvalue weighted by molar-refractivity contribution is 0.143. The lowest BCUT2D eigenvalue weighted by Crippen LogP contribution is -2.04. The van der Waals surface area contributed by atoms with Crippen LogP contribution in [-0.4, -0.2) is 11.7 Å². The predicted molar refractivity (Wildman–Crippen MR) is 70.6 cm³/mol. The van der Waals surface area contributed by atoms with Crippen LogP contribution in [0.4, 0.5) is 0 Å². The molecule has 0 aliphatic rings. The summed E-state index contributed by atoms with van der Waals surface area (Å²) >= 11 is 1.60. The van der Waals surface area contributed by atoms with Gasteiger partial charge in [0.25, 0.3) is 0 Å². The lowest BCUT2D eigenvalue weighted by Gasteiger charge is -2.11. The first kappa shape index (κ1) is 12.1. The van der Waals surface area contributed by atoms with Crippen molar-refractivity contribution in [3.05, 3.63) is 52.2 Å². The normalized spacial score (nSPS) is 12.4. The minimum absolute atomic E-state index is 0.418. The molecular formula is C14H16O2S. The molecule has 2 nitrogen and oxygen atoms in total. The van der Waals surface area contributed by atoms with Crippen LogP contribution in [-0.2, 0) is 0 Å². The van der Waals surface area contributed by atoms with Crippen molar-refractivity contribution in [1.29, 1.82) is 0 Å². The minimum Gasteiger partial charge on any atom is -0.493 e. The molecule has 1 heterocycles. The summed E-state index contributed by atoms with van der Waals surface area (Å²) in [5, 5.41) is 12.0. The molecule has 90 valence electrons. The van der Waals surface area contributed by atoms with Gasteiger partial charge in [0.15, 0.2) is 0 Å². The number of para-hydroxylation sites is 1. The van der Waals surface area contributed by atoms with Gasteiger partial charge in [0, 0.05) is 11.3 Å². The van der Waals surface area contributed by atoms with Crippen LogP contribution in [0.1, 0.15) is 23.0 Å². The Morgan fingerprint density at radius 3 is 2.65 bits per heavy atom. The van der Waals surface area contributed by atoms with Crippen molar-refractivity contribution in [2.24, 2.45) is 0 Å². The second-order valence-corrected chi connectivity index (χ2v) is 4.88. The van der Waals surface area contributed by atoms with E-state index in [9.17, 15) is 5.11 Å². The zero-order chi connectivity index (χ0) is 12.1. The van der Waals surface area contributed by atoms with Crippen molar-refractivity contribution in [3.8, 4) is 5.75 Å². The SMILES string of the molecule is Cc1ccsc1C(O)CCOc1ccccc1. The van der Waals surface area contributed by atoms with Gasteiger partial charge >= 0.3 is 0 Å². The fourth-order valence-corrected chi connectivity index (χ4v) is 2.61. The Bertz CT molecular complexity index is 450. The molecule has 0 bridgehead atoms. The van der Waals surface area contributed by atoms with Gasteiger partial charge in [-0.05, 0) is 36.1 Å². The van der Waals surface area contributed by atoms with Gasteiger partial charge in [0.05, 0.1) is 12.7 Å². The molecule has 1 aromatic heterocycles. The van der Waals surface area contributed by atoms with E-state index in [0.717, 1.165) is 16.2 Å². The molecule has 1 aromatic carbocycles. The molecule has 1 atom stereocenters. The summed E-state index contributed by atoms with van der Waals surface area (Å²) in [6.45, 7) is 2.55. The third kappa shape index (κ3) is 3.32. The Labute approximate surface area is 105 Å². The monoisotopic (exact) mass is 248 g/mol. The Balaban J connectivity index is 1.81. The number of hydrogen-bond donors (Lipinski definition) is 1. The molecular weight excluding hydrogens is 232 g/mol. The van der Waals surface area contributed by atoms with Gasteiger partial charge in [-0.25, -0.2) is 0 Å². The first-order chi connectivity index (χ1) is 8.27. The minimum atomic E-state index is -0.418. The molecule has 0 saturated carbocycles. The summed E-state index contributed by atoms with van der Waals surface area (Å²) in [7, 11) is 0. The van der Waals surface area contributed by atoms with E-state index in [2.05, 4.69) is 0 Å². The van der Waals surface area contributed by atoms with Crippen LogP contribution in [0.15, 0.2) is 41.8 Å². The molecule has 0 spiro atoms. The summed E-state index contributed by atoms with van der Waals surface area (Å²) < 4.78 is 5.56. The summed E-state index contributed by atoms with van der Waals surface area (Å²) in [6.07, 6.45) is 0.203. The second kappa shape index (κ2) is 5.84. The third-order valence-corrected chi connectivity index (χ3v) is 3.73. The van der Waals surface area contributed by atoms with Crippen LogP contribution in [0.5, 0.6) is 5.75 Å². The topological polar surface area (TPSA) is 29.5 Å². The zero-order valence-electron chi connectivity index (χ0n) is 9.80. The van der Waals surface area contributed by atoms with Crippen LogP contribution in [0.25, 0.3) is 0 Å². The van der Waals surface area contributed by atoms with Crippen LogP contribution >= 0.6 is 11.3 Å². The Morgan fingerprint density at radius 2 is 2.00 bits per heavy atom. The van der Waals surface area contributed by atoms with Crippen LogP contribution < -0.4 is 4.74 Å². The van der Waals surface area contributed by atoms with Crippen molar-refractivity contribution in [2.45, 2.75) is 19.4 Å². The van der Waals surface area contributed by atoms with E-state index in [1.165, 1.54) is 0 Å².